The number of ketones is 2. The van der Waals surface area contributed by atoms with Crippen molar-refractivity contribution in [3.05, 3.63) is 45.4 Å². The Hall–Kier alpha value is -3.37. The maximum absolute atomic E-state index is 13.9. The molecule has 1 fully saturated rings. The third-order valence-corrected chi connectivity index (χ3v) is 11.2. The van der Waals surface area contributed by atoms with Gasteiger partial charge in [-0.3, -0.25) is 14.4 Å². The standard InChI is InChI=1S/C33H45N3O7/c1-7-16(21-8-15(2)32(21,3)4)13-35-14-18-11-22(37)25-20(27(18)36(5)6)10-17-9-19-12-23(38)26(31(34)42)30(41)33(19,43)29(40)24(17)28(25)39/h11,15-17,19,21,35,37-38,40,43H,7-10,12-14H2,1-6H3,(H2,34,42)/t15?,16-,17?,19+,21?,33+/m1/s1. The Bertz CT molecular complexity index is 1460. The number of rotatable bonds is 8. The van der Waals surface area contributed by atoms with E-state index in [0.29, 0.717) is 35.3 Å². The number of allylic oxidation sites excluding steroid dienone is 2. The SMILES string of the molecule is CC[C@H](CNCc1cc(O)c2c(c1N(C)C)CC1C[C@H]3CC(O)=C(C(N)=O)C(=O)[C@@]3(O)C(O)=C1C2=O)C1CC(C)C1(C)C. The van der Waals surface area contributed by atoms with Crippen molar-refractivity contribution < 1.29 is 34.8 Å². The quantitative estimate of drug-likeness (QED) is 0.246. The lowest BCUT2D eigenvalue weighted by Crippen LogP contribution is -2.57. The number of benzene rings is 1. The molecule has 3 unspecified atom stereocenters. The zero-order valence-corrected chi connectivity index (χ0v) is 26.0. The number of primary amides is 1. The van der Waals surface area contributed by atoms with Crippen LogP contribution in [-0.2, 0) is 22.6 Å². The highest BCUT2D eigenvalue weighted by molar-refractivity contribution is 6.24. The van der Waals surface area contributed by atoms with Gasteiger partial charge >= 0.3 is 0 Å². The summed E-state index contributed by atoms with van der Waals surface area (Å²) in [6.07, 6.45) is 2.42. The van der Waals surface area contributed by atoms with E-state index >= 15 is 0 Å². The Morgan fingerprint density at radius 1 is 1.16 bits per heavy atom. The summed E-state index contributed by atoms with van der Waals surface area (Å²) in [4.78, 5) is 40.9. The number of aliphatic hydroxyl groups is 3. The van der Waals surface area contributed by atoms with Gasteiger partial charge in [-0.1, -0.05) is 34.1 Å². The first kappa shape index (κ1) is 31.1. The van der Waals surface area contributed by atoms with Crippen LogP contribution in [0, 0.1) is 35.0 Å². The number of Topliss-reactive ketones (excluding diaryl/α,β-unsaturated/α-hetero) is 2. The van der Waals surface area contributed by atoms with Gasteiger partial charge in [0.1, 0.15) is 22.8 Å². The molecule has 43 heavy (non-hydrogen) atoms. The fourth-order valence-corrected chi connectivity index (χ4v) is 8.39. The predicted octanol–water partition coefficient (Wildman–Crippen LogP) is 3.44. The van der Waals surface area contributed by atoms with E-state index in [1.807, 2.05) is 19.0 Å². The second-order valence-corrected chi connectivity index (χ2v) is 13.9. The number of anilines is 1. The van der Waals surface area contributed by atoms with Crippen molar-refractivity contribution >= 4 is 23.2 Å². The average Bonchev–Trinajstić information content (AvgIpc) is 2.91. The normalized spacial score (nSPS) is 30.3. The van der Waals surface area contributed by atoms with Gasteiger partial charge in [0.2, 0.25) is 5.78 Å². The number of carbonyl (C=O) groups is 3. The van der Waals surface area contributed by atoms with Crippen LogP contribution < -0.4 is 16.0 Å². The molecule has 0 bridgehead atoms. The number of fused-ring (bicyclic) bond motifs is 3. The number of aromatic hydroxyl groups is 1. The molecule has 1 aromatic rings. The molecule has 1 saturated carbocycles. The molecule has 0 aromatic heterocycles. The maximum atomic E-state index is 13.9. The zero-order chi connectivity index (χ0) is 31.8. The van der Waals surface area contributed by atoms with Crippen molar-refractivity contribution in [2.75, 3.05) is 25.5 Å². The van der Waals surface area contributed by atoms with Gasteiger partial charge in [0.05, 0.1) is 5.56 Å². The number of nitrogens with one attached hydrogen (secondary N) is 1. The average molecular weight is 596 g/mol. The molecule has 0 spiro atoms. The van der Waals surface area contributed by atoms with Crippen molar-refractivity contribution in [1.29, 1.82) is 0 Å². The molecule has 0 aliphatic heterocycles. The summed E-state index contributed by atoms with van der Waals surface area (Å²) in [5.41, 5.74) is 4.40. The monoisotopic (exact) mass is 595 g/mol. The van der Waals surface area contributed by atoms with Crippen LogP contribution in [0.15, 0.2) is 28.7 Å². The highest BCUT2D eigenvalue weighted by Gasteiger charge is 2.60. The number of aliphatic hydroxyl groups excluding tert-OH is 2. The van der Waals surface area contributed by atoms with Crippen LogP contribution in [0.1, 0.15) is 74.9 Å². The van der Waals surface area contributed by atoms with Crippen molar-refractivity contribution in [3.63, 3.8) is 0 Å². The number of hydrogen-bond acceptors (Lipinski definition) is 9. The number of carbonyl (C=O) groups excluding carboxylic acids is 3. The van der Waals surface area contributed by atoms with E-state index in [1.165, 1.54) is 6.42 Å². The predicted molar refractivity (Wildman–Crippen MR) is 162 cm³/mol. The Labute approximate surface area is 252 Å². The fourth-order valence-electron chi connectivity index (χ4n) is 8.39. The molecule has 1 aromatic carbocycles. The lowest BCUT2D eigenvalue weighted by molar-refractivity contribution is -0.144. The molecule has 6 atom stereocenters. The van der Waals surface area contributed by atoms with Gasteiger partial charge in [0.25, 0.3) is 5.91 Å². The lowest BCUT2D eigenvalue weighted by atomic mass is 9.51. The number of nitrogens with two attached hydrogens (primary N) is 1. The first-order valence-electron chi connectivity index (χ1n) is 15.3. The summed E-state index contributed by atoms with van der Waals surface area (Å²) in [7, 11) is 3.76. The van der Waals surface area contributed by atoms with E-state index < -0.39 is 52.0 Å². The minimum Gasteiger partial charge on any atom is -0.511 e. The minimum absolute atomic E-state index is 0.0284. The second kappa shape index (κ2) is 10.7. The molecule has 10 heteroatoms. The van der Waals surface area contributed by atoms with E-state index in [0.717, 1.165) is 24.2 Å². The number of amides is 1. The van der Waals surface area contributed by atoms with Crippen LogP contribution in [0.3, 0.4) is 0 Å². The van der Waals surface area contributed by atoms with E-state index in [2.05, 4.69) is 33.0 Å². The molecule has 1 amide bonds. The molecule has 7 N–H and O–H groups in total. The van der Waals surface area contributed by atoms with Gasteiger partial charge in [0, 0.05) is 44.2 Å². The Morgan fingerprint density at radius 3 is 2.40 bits per heavy atom. The molecule has 4 aliphatic carbocycles. The molecule has 5 rings (SSSR count). The zero-order valence-electron chi connectivity index (χ0n) is 26.0. The molecular weight excluding hydrogens is 550 g/mol. The molecular formula is C33H45N3O7. The number of phenolic OH excluding ortho intramolecular Hbond substituents is 1. The summed E-state index contributed by atoms with van der Waals surface area (Å²) in [6.45, 7) is 10.6. The number of phenols is 1. The minimum atomic E-state index is -2.57. The molecule has 0 radical (unpaired) electrons. The molecule has 234 valence electrons. The Morgan fingerprint density at radius 2 is 1.84 bits per heavy atom. The molecule has 10 nitrogen and oxygen atoms in total. The van der Waals surface area contributed by atoms with Crippen molar-refractivity contribution in [1.82, 2.24) is 5.32 Å². The number of hydrogen-bond donors (Lipinski definition) is 6. The third-order valence-electron chi connectivity index (χ3n) is 11.2. The summed E-state index contributed by atoms with van der Waals surface area (Å²) in [5.74, 6) is -4.38. The van der Waals surface area contributed by atoms with Gasteiger partial charge in [0.15, 0.2) is 11.4 Å². The summed E-state index contributed by atoms with van der Waals surface area (Å²) >= 11 is 0. The van der Waals surface area contributed by atoms with Crippen LogP contribution in [0.4, 0.5) is 5.69 Å². The van der Waals surface area contributed by atoms with Gasteiger partial charge in [-0.15, -0.1) is 0 Å². The van der Waals surface area contributed by atoms with Crippen molar-refractivity contribution in [3.8, 4) is 5.75 Å². The van der Waals surface area contributed by atoms with Gasteiger partial charge in [-0.05, 0) is 72.1 Å². The van der Waals surface area contributed by atoms with Crippen LogP contribution in [0.2, 0.25) is 0 Å². The first-order valence-corrected chi connectivity index (χ1v) is 15.3. The number of nitrogens with zero attached hydrogens (tertiary/aromatic N) is 1. The summed E-state index contributed by atoms with van der Waals surface area (Å²) in [5, 5.41) is 47.9. The highest BCUT2D eigenvalue weighted by Crippen LogP contribution is 2.55. The second-order valence-electron chi connectivity index (χ2n) is 13.9. The molecule has 0 saturated heterocycles. The van der Waals surface area contributed by atoms with E-state index in [1.54, 1.807) is 6.07 Å². The third kappa shape index (κ3) is 4.56. The topological polar surface area (TPSA) is 173 Å². The van der Waals surface area contributed by atoms with E-state index in [9.17, 15) is 34.8 Å². The maximum Gasteiger partial charge on any atom is 0.255 e. The lowest BCUT2D eigenvalue weighted by Gasteiger charge is -2.54. The molecule has 0 heterocycles. The van der Waals surface area contributed by atoms with Crippen molar-refractivity contribution in [2.45, 2.75) is 71.9 Å². The highest BCUT2D eigenvalue weighted by atomic mass is 16.3. The summed E-state index contributed by atoms with van der Waals surface area (Å²) < 4.78 is 0. The Kier molecular flexibility index (Phi) is 7.70. The summed E-state index contributed by atoms with van der Waals surface area (Å²) in [6, 6.07) is 1.57. The van der Waals surface area contributed by atoms with Gasteiger partial charge in [-0.25, -0.2) is 0 Å². The van der Waals surface area contributed by atoms with Crippen LogP contribution in [-0.4, -0.2) is 64.1 Å². The molecule has 4 aliphatic rings. The smallest absolute Gasteiger partial charge is 0.255 e. The van der Waals surface area contributed by atoms with Gasteiger partial charge in [-0.2, -0.15) is 0 Å². The van der Waals surface area contributed by atoms with Crippen LogP contribution in [0.5, 0.6) is 5.75 Å². The van der Waals surface area contributed by atoms with E-state index in [-0.39, 0.29) is 36.1 Å². The van der Waals surface area contributed by atoms with Gasteiger partial charge < -0.3 is 36.4 Å². The largest absolute Gasteiger partial charge is 0.511 e. The van der Waals surface area contributed by atoms with Crippen molar-refractivity contribution in [2.24, 2.45) is 40.7 Å². The first-order chi connectivity index (χ1) is 20.1. The van der Waals surface area contributed by atoms with E-state index in [4.69, 9.17) is 5.73 Å². The van der Waals surface area contributed by atoms with Crippen LogP contribution >= 0.6 is 0 Å². The van der Waals surface area contributed by atoms with Crippen LogP contribution in [0.25, 0.3) is 0 Å². The Balaban J connectivity index is 1.48. The fraction of sp³-hybridized carbons (Fsp3) is 0.606.